The van der Waals surface area contributed by atoms with Gasteiger partial charge in [0.15, 0.2) is 0 Å². The zero-order valence-corrected chi connectivity index (χ0v) is 14.0. The number of nitrogens with zero attached hydrogens (tertiary/aromatic N) is 1. The first kappa shape index (κ1) is 18.7. The van der Waals surface area contributed by atoms with Crippen LogP contribution in [0.1, 0.15) is 47.5 Å². The van der Waals surface area contributed by atoms with Crippen LogP contribution in [0.5, 0.6) is 0 Å². The zero-order valence-electron chi connectivity index (χ0n) is 13.2. The Morgan fingerprint density at radius 1 is 1.37 bits per heavy atom. The molecule has 0 aromatic heterocycles. The molecule has 0 bridgehead atoms. The molecule has 0 aromatic rings. The molecule has 0 aliphatic heterocycles. The van der Waals surface area contributed by atoms with Gasteiger partial charge in [-0.2, -0.15) is 0 Å². The van der Waals surface area contributed by atoms with Gasteiger partial charge in [0.25, 0.3) is 0 Å². The molecule has 0 aliphatic carbocycles. The van der Waals surface area contributed by atoms with Gasteiger partial charge < -0.3 is 9.47 Å². The summed E-state index contributed by atoms with van der Waals surface area (Å²) in [5, 5.41) is 0. The van der Waals surface area contributed by atoms with Crippen molar-refractivity contribution in [3.63, 3.8) is 0 Å². The second-order valence-electron chi connectivity index (χ2n) is 5.97. The second kappa shape index (κ2) is 8.08. The van der Waals surface area contributed by atoms with Crippen molar-refractivity contribution in [2.24, 2.45) is 5.92 Å². The summed E-state index contributed by atoms with van der Waals surface area (Å²) in [5.74, 6) is 0.0704. The summed E-state index contributed by atoms with van der Waals surface area (Å²) in [4.78, 5) is 11.9. The number of esters is 1. The summed E-state index contributed by atoms with van der Waals surface area (Å²) < 4.78 is 12.4. The molecule has 0 rings (SSSR count). The quantitative estimate of drug-likeness (QED) is 0.534. The summed E-state index contributed by atoms with van der Waals surface area (Å²) in [6.07, 6.45) is 0.905. The van der Waals surface area contributed by atoms with Crippen LogP contribution >= 0.6 is 11.8 Å². The van der Waals surface area contributed by atoms with Crippen molar-refractivity contribution >= 4 is 17.7 Å². The normalized spacial score (nSPS) is 17.1. The van der Waals surface area contributed by atoms with Gasteiger partial charge in [-0.1, -0.05) is 20.3 Å². The highest BCUT2D eigenvalue weighted by atomic mass is 35.5. The number of hydrogen-bond acceptors (Lipinski definition) is 4. The van der Waals surface area contributed by atoms with E-state index in [4.69, 9.17) is 21.3 Å². The van der Waals surface area contributed by atoms with Crippen molar-refractivity contribution in [3.8, 4) is 0 Å². The number of carbonyl (C=O) groups excluding carboxylic acids is 1. The minimum atomic E-state index is -0.478. The Balaban J connectivity index is 4.74. The Morgan fingerprint density at radius 2 is 1.89 bits per heavy atom. The fraction of sp³-hybridized carbons (Fsp3) is 0.929. The average molecular weight is 294 g/mol. The van der Waals surface area contributed by atoms with Crippen molar-refractivity contribution in [2.45, 2.75) is 65.2 Å². The molecule has 0 saturated carbocycles. The molecule has 0 aromatic carbocycles. The van der Waals surface area contributed by atoms with Gasteiger partial charge in [-0.05, 0) is 38.5 Å². The molecular formula is C14H28ClNO3. The Bertz CT molecular complexity index is 276. The predicted molar refractivity (Wildman–Crippen MR) is 78.1 cm³/mol. The summed E-state index contributed by atoms with van der Waals surface area (Å²) in [6, 6.07) is -0.0239. The van der Waals surface area contributed by atoms with Crippen LogP contribution in [0.2, 0.25) is 0 Å². The van der Waals surface area contributed by atoms with Gasteiger partial charge in [0.2, 0.25) is 0 Å². The number of carbonyl (C=O) groups is 1. The lowest BCUT2D eigenvalue weighted by Crippen LogP contribution is -2.44. The first-order chi connectivity index (χ1) is 8.62. The monoisotopic (exact) mass is 293 g/mol. The second-order valence-corrected chi connectivity index (χ2v) is 6.50. The number of rotatable bonds is 7. The molecule has 4 nitrogen and oxygen atoms in total. The molecule has 0 aliphatic rings. The summed E-state index contributed by atoms with van der Waals surface area (Å²) in [6.45, 7) is 9.76. The molecule has 0 saturated heterocycles. The molecule has 19 heavy (non-hydrogen) atoms. The van der Waals surface area contributed by atoms with Crippen LogP contribution in [0, 0.1) is 5.92 Å². The van der Waals surface area contributed by atoms with Crippen LogP contribution in [-0.4, -0.2) is 42.3 Å². The van der Waals surface area contributed by atoms with Gasteiger partial charge in [-0.25, -0.2) is 4.42 Å². The molecule has 0 unspecified atom stereocenters. The van der Waals surface area contributed by atoms with E-state index >= 15 is 0 Å². The van der Waals surface area contributed by atoms with E-state index in [9.17, 15) is 4.79 Å². The van der Waals surface area contributed by atoms with Crippen LogP contribution in [0.4, 0.5) is 0 Å². The van der Waals surface area contributed by atoms with Gasteiger partial charge >= 0.3 is 5.97 Å². The van der Waals surface area contributed by atoms with E-state index in [-0.39, 0.29) is 24.5 Å². The minimum Gasteiger partial charge on any atom is -0.460 e. The fourth-order valence-corrected chi connectivity index (χ4v) is 2.40. The molecule has 3 atom stereocenters. The van der Waals surface area contributed by atoms with E-state index < -0.39 is 5.60 Å². The van der Waals surface area contributed by atoms with Crippen LogP contribution in [0.3, 0.4) is 0 Å². The highest BCUT2D eigenvalue weighted by Crippen LogP contribution is 2.23. The third-order valence-electron chi connectivity index (χ3n) is 3.11. The van der Waals surface area contributed by atoms with Crippen molar-refractivity contribution in [1.82, 2.24) is 4.42 Å². The Hall–Kier alpha value is -0.320. The number of likely N-dealkylation sites (N-methyl/N-ethyl adjacent to an activating group) is 1. The van der Waals surface area contributed by atoms with E-state index in [2.05, 4.69) is 13.8 Å². The summed E-state index contributed by atoms with van der Waals surface area (Å²) in [5.41, 5.74) is -0.478. The van der Waals surface area contributed by atoms with Crippen LogP contribution in [0.25, 0.3) is 0 Å². The molecule has 0 amide bonds. The highest BCUT2D eigenvalue weighted by molar-refractivity contribution is 6.13. The van der Waals surface area contributed by atoms with Gasteiger partial charge in [0.1, 0.15) is 5.60 Å². The Labute approximate surface area is 122 Å². The third-order valence-corrected chi connectivity index (χ3v) is 3.33. The van der Waals surface area contributed by atoms with Crippen LogP contribution in [0.15, 0.2) is 0 Å². The maximum Gasteiger partial charge on any atom is 0.309 e. The lowest BCUT2D eigenvalue weighted by Gasteiger charge is -2.34. The van der Waals surface area contributed by atoms with Crippen LogP contribution < -0.4 is 0 Å². The van der Waals surface area contributed by atoms with Crippen molar-refractivity contribution in [3.05, 3.63) is 0 Å². The lowest BCUT2D eigenvalue weighted by molar-refractivity contribution is -0.158. The standard InChI is InChI=1S/C14H28ClNO3/c1-8-10(2)13(16(6)15)11(18-7)9-12(17)19-14(3,4)5/h10-11,13H,8-9H2,1-7H3/t10-,11+,13-/m0/s1. The first-order valence-corrected chi connectivity index (χ1v) is 7.09. The van der Waals surface area contributed by atoms with Gasteiger partial charge in [0.05, 0.1) is 18.6 Å². The molecule has 5 heteroatoms. The molecule has 0 spiro atoms. The summed E-state index contributed by atoms with van der Waals surface area (Å²) in [7, 11) is 3.39. The third kappa shape index (κ3) is 7.14. The number of halogens is 1. The molecule has 0 N–H and O–H groups in total. The molecule has 0 radical (unpaired) electrons. The SMILES string of the molecule is CC[C@H](C)[C@@H]([C@@H](CC(=O)OC(C)(C)C)OC)N(C)Cl. The van der Waals surface area contributed by atoms with Gasteiger partial charge in [-0.3, -0.25) is 4.79 Å². The Kier molecular flexibility index (Phi) is 7.94. The van der Waals surface area contributed by atoms with E-state index in [1.165, 1.54) is 0 Å². The van der Waals surface area contributed by atoms with E-state index in [1.54, 1.807) is 18.6 Å². The highest BCUT2D eigenvalue weighted by Gasteiger charge is 2.32. The summed E-state index contributed by atoms with van der Waals surface area (Å²) >= 11 is 6.11. The average Bonchev–Trinajstić information content (AvgIpc) is 2.24. The lowest BCUT2D eigenvalue weighted by atomic mass is 9.92. The van der Waals surface area contributed by atoms with Gasteiger partial charge in [-0.15, -0.1) is 0 Å². The first-order valence-electron chi connectivity index (χ1n) is 6.75. The number of methoxy groups -OCH3 is 1. The maximum atomic E-state index is 11.9. The fourth-order valence-electron chi connectivity index (χ4n) is 2.08. The van der Waals surface area contributed by atoms with Crippen LogP contribution in [-0.2, 0) is 14.3 Å². The largest absolute Gasteiger partial charge is 0.460 e. The number of ether oxygens (including phenoxy) is 2. The molecule has 114 valence electrons. The zero-order chi connectivity index (χ0) is 15.2. The van der Waals surface area contributed by atoms with E-state index in [0.29, 0.717) is 5.92 Å². The molecule has 0 fully saturated rings. The predicted octanol–water partition coefficient (Wildman–Crippen LogP) is 3.23. The maximum absolute atomic E-state index is 11.9. The topological polar surface area (TPSA) is 38.8 Å². The van der Waals surface area contributed by atoms with E-state index in [0.717, 1.165) is 6.42 Å². The number of hydrogen-bond donors (Lipinski definition) is 0. The minimum absolute atomic E-state index is 0.0239. The van der Waals surface area contributed by atoms with Crippen molar-refractivity contribution < 1.29 is 14.3 Å². The van der Waals surface area contributed by atoms with Crippen molar-refractivity contribution in [1.29, 1.82) is 0 Å². The van der Waals surface area contributed by atoms with Gasteiger partial charge in [0, 0.05) is 14.2 Å². The molecule has 0 heterocycles. The smallest absolute Gasteiger partial charge is 0.309 e. The Morgan fingerprint density at radius 3 is 2.21 bits per heavy atom. The van der Waals surface area contributed by atoms with E-state index in [1.807, 2.05) is 20.8 Å². The molecular weight excluding hydrogens is 266 g/mol. The van der Waals surface area contributed by atoms with Crippen molar-refractivity contribution in [2.75, 3.05) is 14.2 Å².